The number of aliphatic hydroxyl groups is 1. The molecule has 1 N–H and O–H groups in total. The number of rotatable bonds is 2. The fourth-order valence-corrected chi connectivity index (χ4v) is 3.20. The van der Waals surface area contributed by atoms with Crippen molar-refractivity contribution in [2.75, 3.05) is 0 Å². The molecule has 0 aromatic heterocycles. The Morgan fingerprint density at radius 2 is 1.60 bits per heavy atom. The molecule has 2 atom stereocenters. The van der Waals surface area contributed by atoms with Crippen LogP contribution in [0.25, 0.3) is 10.8 Å². The summed E-state index contributed by atoms with van der Waals surface area (Å²) >= 11 is 0. The average Bonchev–Trinajstić information content (AvgIpc) is 2.48. The lowest BCUT2D eigenvalue weighted by Crippen LogP contribution is -2.23. The molecule has 0 heterocycles. The molecule has 1 aliphatic carbocycles. The molecule has 0 saturated heterocycles. The van der Waals surface area contributed by atoms with E-state index in [0.717, 1.165) is 12.0 Å². The second-order valence-corrected chi connectivity index (χ2v) is 5.56. The normalized spacial score (nSPS) is 18.4. The van der Waals surface area contributed by atoms with Crippen molar-refractivity contribution in [3.05, 3.63) is 83.4 Å². The first-order valence-electron chi connectivity index (χ1n) is 7.07. The van der Waals surface area contributed by atoms with Gasteiger partial charge in [-0.15, -0.1) is 0 Å². The average molecular weight is 260 g/mol. The molecule has 0 amide bonds. The SMILES string of the molecule is OC(c1ccc2ccccc2c1)C1Cc2ccccc21. The summed E-state index contributed by atoms with van der Waals surface area (Å²) in [6, 6.07) is 22.9. The summed E-state index contributed by atoms with van der Waals surface area (Å²) in [6.45, 7) is 0. The molecular weight excluding hydrogens is 244 g/mol. The first-order valence-corrected chi connectivity index (χ1v) is 7.07. The van der Waals surface area contributed by atoms with Crippen molar-refractivity contribution in [1.82, 2.24) is 0 Å². The van der Waals surface area contributed by atoms with Crippen LogP contribution in [0, 0.1) is 0 Å². The maximum atomic E-state index is 10.6. The van der Waals surface area contributed by atoms with E-state index in [4.69, 9.17) is 0 Å². The Labute approximate surface area is 118 Å². The zero-order valence-electron chi connectivity index (χ0n) is 11.2. The van der Waals surface area contributed by atoms with Gasteiger partial charge >= 0.3 is 0 Å². The third kappa shape index (κ3) is 1.75. The smallest absolute Gasteiger partial charge is 0.0862 e. The molecule has 0 fully saturated rings. The van der Waals surface area contributed by atoms with Gasteiger partial charge in [-0.25, -0.2) is 0 Å². The van der Waals surface area contributed by atoms with Gasteiger partial charge in [-0.1, -0.05) is 60.7 Å². The van der Waals surface area contributed by atoms with Gasteiger partial charge in [0.1, 0.15) is 0 Å². The Kier molecular flexibility index (Phi) is 2.61. The highest BCUT2D eigenvalue weighted by molar-refractivity contribution is 5.83. The van der Waals surface area contributed by atoms with E-state index < -0.39 is 6.10 Å². The van der Waals surface area contributed by atoms with Gasteiger partial charge in [-0.05, 0) is 39.9 Å². The van der Waals surface area contributed by atoms with E-state index in [-0.39, 0.29) is 5.92 Å². The molecule has 0 radical (unpaired) electrons. The third-order valence-electron chi connectivity index (χ3n) is 4.39. The zero-order valence-corrected chi connectivity index (χ0v) is 11.2. The monoisotopic (exact) mass is 260 g/mol. The Hall–Kier alpha value is -2.12. The lowest BCUT2D eigenvalue weighted by molar-refractivity contribution is 0.135. The maximum Gasteiger partial charge on any atom is 0.0862 e. The van der Waals surface area contributed by atoms with Gasteiger partial charge in [0.25, 0.3) is 0 Å². The summed E-state index contributed by atoms with van der Waals surface area (Å²) in [7, 11) is 0. The lowest BCUT2D eigenvalue weighted by Gasteiger charge is -2.34. The van der Waals surface area contributed by atoms with E-state index in [9.17, 15) is 5.11 Å². The molecule has 0 aliphatic heterocycles. The number of hydrogen-bond donors (Lipinski definition) is 1. The highest BCUT2D eigenvalue weighted by atomic mass is 16.3. The largest absolute Gasteiger partial charge is 0.388 e. The van der Waals surface area contributed by atoms with Crippen LogP contribution in [0.1, 0.15) is 28.7 Å². The minimum Gasteiger partial charge on any atom is -0.388 e. The molecule has 0 bridgehead atoms. The molecule has 0 saturated carbocycles. The first-order chi connectivity index (χ1) is 9.83. The van der Waals surface area contributed by atoms with E-state index in [1.54, 1.807) is 0 Å². The summed E-state index contributed by atoms with van der Waals surface area (Å²) in [6.07, 6.45) is 0.568. The molecular formula is C19H16O. The van der Waals surface area contributed by atoms with E-state index >= 15 is 0 Å². The molecule has 1 nitrogen and oxygen atoms in total. The van der Waals surface area contributed by atoms with E-state index in [1.165, 1.54) is 21.9 Å². The van der Waals surface area contributed by atoms with Crippen LogP contribution in [-0.2, 0) is 6.42 Å². The fraction of sp³-hybridized carbons (Fsp3) is 0.158. The molecule has 3 aromatic rings. The van der Waals surface area contributed by atoms with E-state index in [2.05, 4.69) is 48.5 Å². The van der Waals surface area contributed by atoms with Crippen molar-refractivity contribution in [3.8, 4) is 0 Å². The van der Waals surface area contributed by atoms with Crippen molar-refractivity contribution < 1.29 is 5.11 Å². The molecule has 1 heteroatoms. The van der Waals surface area contributed by atoms with Gasteiger partial charge in [0.15, 0.2) is 0 Å². The number of hydrogen-bond acceptors (Lipinski definition) is 1. The van der Waals surface area contributed by atoms with Crippen LogP contribution >= 0.6 is 0 Å². The highest BCUT2D eigenvalue weighted by Gasteiger charge is 2.32. The Balaban J connectivity index is 1.70. The van der Waals surface area contributed by atoms with Crippen LogP contribution in [0.5, 0.6) is 0 Å². The van der Waals surface area contributed by atoms with E-state index in [1.807, 2.05) is 18.2 Å². The predicted molar refractivity (Wildman–Crippen MR) is 81.8 cm³/mol. The first kappa shape index (κ1) is 11.7. The van der Waals surface area contributed by atoms with Crippen molar-refractivity contribution in [2.45, 2.75) is 18.4 Å². The number of aliphatic hydroxyl groups excluding tert-OH is 1. The summed E-state index contributed by atoms with van der Waals surface area (Å²) in [5.41, 5.74) is 3.69. The predicted octanol–water partition coefficient (Wildman–Crippen LogP) is 4.21. The van der Waals surface area contributed by atoms with Gasteiger partial charge < -0.3 is 5.11 Å². The highest BCUT2D eigenvalue weighted by Crippen LogP contribution is 2.43. The van der Waals surface area contributed by atoms with Gasteiger partial charge in [-0.2, -0.15) is 0 Å². The summed E-state index contributed by atoms with van der Waals surface area (Å²) < 4.78 is 0. The standard InChI is InChI=1S/C19H16O/c20-19(18-12-15-7-3-4-8-17(15)18)16-10-9-13-5-1-2-6-14(13)11-16/h1-11,18-20H,12H2. The Morgan fingerprint density at radius 1 is 0.850 bits per heavy atom. The topological polar surface area (TPSA) is 20.2 Å². The maximum absolute atomic E-state index is 10.6. The molecule has 3 aromatic carbocycles. The van der Waals surface area contributed by atoms with Gasteiger partial charge in [-0.3, -0.25) is 0 Å². The Bertz CT molecular complexity index is 775. The van der Waals surface area contributed by atoms with Crippen molar-refractivity contribution in [2.24, 2.45) is 0 Å². The molecule has 20 heavy (non-hydrogen) atoms. The molecule has 1 aliphatic rings. The van der Waals surface area contributed by atoms with Gasteiger partial charge in [0.05, 0.1) is 6.10 Å². The van der Waals surface area contributed by atoms with E-state index in [0.29, 0.717) is 0 Å². The van der Waals surface area contributed by atoms with Crippen molar-refractivity contribution >= 4 is 10.8 Å². The van der Waals surface area contributed by atoms with Gasteiger partial charge in [0, 0.05) is 5.92 Å². The van der Waals surface area contributed by atoms with Crippen LogP contribution in [0.4, 0.5) is 0 Å². The van der Waals surface area contributed by atoms with Crippen LogP contribution in [0.15, 0.2) is 66.7 Å². The van der Waals surface area contributed by atoms with Crippen LogP contribution in [0.2, 0.25) is 0 Å². The summed E-state index contributed by atoms with van der Waals surface area (Å²) in [4.78, 5) is 0. The molecule has 4 rings (SSSR count). The fourth-order valence-electron chi connectivity index (χ4n) is 3.20. The zero-order chi connectivity index (χ0) is 13.5. The minimum absolute atomic E-state index is 0.243. The van der Waals surface area contributed by atoms with Gasteiger partial charge in [0.2, 0.25) is 0 Å². The van der Waals surface area contributed by atoms with Crippen LogP contribution < -0.4 is 0 Å². The molecule has 2 unspecified atom stereocenters. The molecule has 98 valence electrons. The number of benzene rings is 3. The van der Waals surface area contributed by atoms with Crippen molar-refractivity contribution in [3.63, 3.8) is 0 Å². The minimum atomic E-state index is -0.408. The second-order valence-electron chi connectivity index (χ2n) is 5.56. The number of fused-ring (bicyclic) bond motifs is 2. The third-order valence-corrected chi connectivity index (χ3v) is 4.39. The summed E-state index contributed by atoms with van der Waals surface area (Å²) in [5.74, 6) is 0.243. The van der Waals surface area contributed by atoms with Crippen LogP contribution in [-0.4, -0.2) is 5.11 Å². The Morgan fingerprint density at radius 3 is 2.45 bits per heavy atom. The van der Waals surface area contributed by atoms with Crippen LogP contribution in [0.3, 0.4) is 0 Å². The second kappa shape index (κ2) is 4.46. The molecule has 0 spiro atoms. The lowest BCUT2D eigenvalue weighted by atomic mass is 9.73. The quantitative estimate of drug-likeness (QED) is 0.731. The summed E-state index contributed by atoms with van der Waals surface area (Å²) in [5, 5.41) is 13.1. The van der Waals surface area contributed by atoms with Crippen molar-refractivity contribution in [1.29, 1.82) is 0 Å².